The van der Waals surface area contributed by atoms with E-state index in [1.807, 2.05) is 0 Å². The Morgan fingerprint density at radius 3 is 2.44 bits per heavy atom. The van der Waals surface area contributed by atoms with Crippen LogP contribution < -0.4 is 10.5 Å². The molecule has 0 saturated carbocycles. The summed E-state index contributed by atoms with van der Waals surface area (Å²) in [5, 5.41) is 27.1. The van der Waals surface area contributed by atoms with Gasteiger partial charge < -0.3 is 25.8 Å². The molecule has 0 bridgehead atoms. The van der Waals surface area contributed by atoms with E-state index in [4.69, 9.17) is 10.8 Å². The van der Waals surface area contributed by atoms with Crippen LogP contribution in [0.4, 0.5) is 0 Å². The fourth-order valence-electron chi connectivity index (χ4n) is 0.959. The van der Waals surface area contributed by atoms with Crippen molar-refractivity contribution in [3.63, 3.8) is 0 Å². The number of aromatic carboxylic acids is 1. The van der Waals surface area contributed by atoms with Crippen molar-refractivity contribution in [1.29, 1.82) is 0 Å². The lowest BCUT2D eigenvalue weighted by atomic mass is 10.2. The summed E-state index contributed by atoms with van der Waals surface area (Å²) in [6.07, 6.45) is 0. The van der Waals surface area contributed by atoms with Crippen molar-refractivity contribution in [3.05, 3.63) is 17.7 Å². The van der Waals surface area contributed by atoms with E-state index in [9.17, 15) is 19.8 Å². The lowest BCUT2D eigenvalue weighted by Crippen LogP contribution is -2.19. The van der Waals surface area contributed by atoms with Gasteiger partial charge in [-0.2, -0.15) is 0 Å². The van der Waals surface area contributed by atoms with Gasteiger partial charge in [0.05, 0.1) is 12.1 Å². The number of esters is 1. The number of phenolic OH excluding ortho intramolecular Hbond substituents is 2. The zero-order chi connectivity index (χ0) is 12.3. The zero-order valence-corrected chi connectivity index (χ0v) is 8.01. The molecule has 0 saturated heterocycles. The average molecular weight is 227 g/mol. The Balaban J connectivity index is 3.16. The van der Waals surface area contributed by atoms with Crippen LogP contribution in [-0.4, -0.2) is 33.8 Å². The number of phenols is 2. The van der Waals surface area contributed by atoms with Crippen LogP contribution in [0.15, 0.2) is 12.1 Å². The SMILES string of the molecule is NCC(=O)Oc1cc(C(=O)O)cc(O)c1O. The third-order valence-corrected chi connectivity index (χ3v) is 1.69. The summed E-state index contributed by atoms with van der Waals surface area (Å²) in [7, 11) is 0. The Kier molecular flexibility index (Phi) is 3.31. The van der Waals surface area contributed by atoms with E-state index in [0.717, 1.165) is 12.1 Å². The Hall–Kier alpha value is -2.28. The van der Waals surface area contributed by atoms with Crippen LogP contribution in [-0.2, 0) is 4.79 Å². The molecule has 0 fully saturated rings. The Labute approximate surface area is 89.7 Å². The highest BCUT2D eigenvalue weighted by atomic mass is 16.5. The lowest BCUT2D eigenvalue weighted by molar-refractivity contribution is -0.132. The molecule has 1 rings (SSSR count). The van der Waals surface area contributed by atoms with E-state index in [2.05, 4.69) is 4.74 Å². The first-order chi connectivity index (χ1) is 7.45. The maximum Gasteiger partial charge on any atom is 0.335 e. The summed E-state index contributed by atoms with van der Waals surface area (Å²) in [4.78, 5) is 21.5. The highest BCUT2D eigenvalue weighted by Crippen LogP contribution is 2.36. The van der Waals surface area contributed by atoms with Gasteiger partial charge in [-0.1, -0.05) is 0 Å². The van der Waals surface area contributed by atoms with Crippen molar-refractivity contribution < 1.29 is 29.6 Å². The summed E-state index contributed by atoms with van der Waals surface area (Å²) >= 11 is 0. The van der Waals surface area contributed by atoms with Crippen molar-refractivity contribution in [1.82, 2.24) is 0 Å². The first-order valence-electron chi connectivity index (χ1n) is 4.15. The minimum absolute atomic E-state index is 0.324. The van der Waals surface area contributed by atoms with Crippen molar-refractivity contribution in [2.75, 3.05) is 6.54 Å². The van der Waals surface area contributed by atoms with Gasteiger partial charge in [0.2, 0.25) is 5.75 Å². The van der Waals surface area contributed by atoms with Gasteiger partial charge in [0, 0.05) is 0 Å². The molecule has 1 aromatic carbocycles. The molecule has 0 spiro atoms. The predicted molar refractivity (Wildman–Crippen MR) is 51.4 cm³/mol. The molecule has 86 valence electrons. The second kappa shape index (κ2) is 4.49. The van der Waals surface area contributed by atoms with Crippen LogP contribution in [0.2, 0.25) is 0 Å². The number of benzene rings is 1. The van der Waals surface area contributed by atoms with Crippen molar-refractivity contribution >= 4 is 11.9 Å². The minimum Gasteiger partial charge on any atom is -0.504 e. The molecular weight excluding hydrogens is 218 g/mol. The van der Waals surface area contributed by atoms with Gasteiger partial charge >= 0.3 is 11.9 Å². The molecule has 0 amide bonds. The van der Waals surface area contributed by atoms with Crippen LogP contribution in [0.3, 0.4) is 0 Å². The first-order valence-corrected chi connectivity index (χ1v) is 4.15. The molecule has 0 aromatic heterocycles. The van der Waals surface area contributed by atoms with Gasteiger partial charge in [-0.3, -0.25) is 4.79 Å². The van der Waals surface area contributed by atoms with E-state index in [1.54, 1.807) is 0 Å². The number of carbonyl (C=O) groups is 2. The number of carboxylic acids is 1. The number of hydrogen-bond donors (Lipinski definition) is 4. The Morgan fingerprint density at radius 2 is 1.94 bits per heavy atom. The second-order valence-corrected chi connectivity index (χ2v) is 2.83. The van der Waals surface area contributed by atoms with E-state index in [0.29, 0.717) is 0 Å². The van der Waals surface area contributed by atoms with Crippen LogP contribution in [0.1, 0.15) is 10.4 Å². The fraction of sp³-hybridized carbons (Fsp3) is 0.111. The second-order valence-electron chi connectivity index (χ2n) is 2.83. The number of ether oxygens (including phenoxy) is 1. The van der Waals surface area contributed by atoms with E-state index in [1.165, 1.54) is 0 Å². The van der Waals surface area contributed by atoms with Gasteiger partial charge in [-0.05, 0) is 12.1 Å². The summed E-state index contributed by atoms with van der Waals surface area (Å²) in [6, 6.07) is 1.74. The molecule has 0 aliphatic carbocycles. The molecule has 7 nitrogen and oxygen atoms in total. The standard InChI is InChI=1S/C9H9NO6/c10-3-7(12)16-6-2-4(9(14)15)1-5(11)8(6)13/h1-2,11,13H,3,10H2,(H,14,15). The highest BCUT2D eigenvalue weighted by Gasteiger charge is 2.16. The molecule has 1 aromatic rings. The third-order valence-electron chi connectivity index (χ3n) is 1.69. The quantitative estimate of drug-likeness (QED) is 0.315. The molecule has 5 N–H and O–H groups in total. The molecule has 0 heterocycles. The predicted octanol–water partition coefficient (Wildman–Crippen LogP) is -0.340. The highest BCUT2D eigenvalue weighted by molar-refractivity contribution is 5.90. The molecule has 16 heavy (non-hydrogen) atoms. The van der Waals surface area contributed by atoms with E-state index < -0.39 is 35.7 Å². The monoisotopic (exact) mass is 227 g/mol. The van der Waals surface area contributed by atoms with Crippen molar-refractivity contribution in [3.8, 4) is 17.2 Å². The number of carboxylic acid groups (broad SMARTS) is 1. The Bertz CT molecular complexity index is 442. The van der Waals surface area contributed by atoms with Gasteiger partial charge in [-0.15, -0.1) is 0 Å². The normalized spacial score (nSPS) is 9.81. The molecular formula is C9H9NO6. The summed E-state index contributed by atoms with van der Waals surface area (Å²) in [5.41, 5.74) is 4.65. The van der Waals surface area contributed by atoms with Crippen molar-refractivity contribution in [2.45, 2.75) is 0 Å². The summed E-state index contributed by atoms with van der Waals surface area (Å²) in [6.45, 7) is -0.433. The molecule has 7 heteroatoms. The molecule has 0 aliphatic heterocycles. The van der Waals surface area contributed by atoms with Gasteiger partial charge in [0.15, 0.2) is 11.5 Å². The smallest absolute Gasteiger partial charge is 0.335 e. The van der Waals surface area contributed by atoms with Crippen molar-refractivity contribution in [2.24, 2.45) is 5.73 Å². The van der Waals surface area contributed by atoms with Crippen LogP contribution in [0.5, 0.6) is 17.2 Å². The molecule has 0 aliphatic rings. The lowest BCUT2D eigenvalue weighted by Gasteiger charge is -2.07. The van der Waals surface area contributed by atoms with Gasteiger partial charge in [0.1, 0.15) is 0 Å². The molecule has 0 atom stereocenters. The number of hydrogen-bond acceptors (Lipinski definition) is 6. The number of aromatic hydroxyl groups is 2. The largest absolute Gasteiger partial charge is 0.504 e. The Morgan fingerprint density at radius 1 is 1.31 bits per heavy atom. The number of carbonyl (C=O) groups excluding carboxylic acids is 1. The van der Waals surface area contributed by atoms with Gasteiger partial charge in [0.25, 0.3) is 0 Å². The number of nitrogens with two attached hydrogens (primary N) is 1. The molecule has 0 radical (unpaired) electrons. The van der Waals surface area contributed by atoms with E-state index in [-0.39, 0.29) is 5.56 Å². The van der Waals surface area contributed by atoms with Crippen LogP contribution in [0.25, 0.3) is 0 Å². The maximum absolute atomic E-state index is 10.8. The van der Waals surface area contributed by atoms with E-state index >= 15 is 0 Å². The third kappa shape index (κ3) is 2.39. The number of rotatable bonds is 3. The topological polar surface area (TPSA) is 130 Å². The summed E-state index contributed by atoms with van der Waals surface area (Å²) < 4.78 is 4.53. The maximum atomic E-state index is 10.8. The van der Waals surface area contributed by atoms with Crippen LogP contribution in [0, 0.1) is 0 Å². The zero-order valence-electron chi connectivity index (χ0n) is 8.01. The summed E-state index contributed by atoms with van der Waals surface area (Å²) in [5.74, 6) is -4.06. The average Bonchev–Trinajstić information content (AvgIpc) is 2.23. The van der Waals surface area contributed by atoms with Gasteiger partial charge in [-0.25, -0.2) is 4.79 Å². The fourth-order valence-corrected chi connectivity index (χ4v) is 0.959. The van der Waals surface area contributed by atoms with Crippen LogP contribution >= 0.6 is 0 Å². The first kappa shape index (κ1) is 11.8. The molecule has 0 unspecified atom stereocenters. The minimum atomic E-state index is -1.33.